The fourth-order valence-electron chi connectivity index (χ4n) is 4.37. The zero-order valence-corrected chi connectivity index (χ0v) is 20.7. The molecule has 2 aromatic carbocycles. The van der Waals surface area contributed by atoms with E-state index < -0.39 is 0 Å². The van der Waals surface area contributed by atoms with E-state index in [0.29, 0.717) is 18.0 Å². The number of carbonyl (C=O) groups is 1. The Morgan fingerprint density at radius 1 is 0.917 bits per heavy atom. The summed E-state index contributed by atoms with van der Waals surface area (Å²) in [6, 6.07) is 19.2. The van der Waals surface area contributed by atoms with Crippen LogP contribution in [0.5, 0.6) is 5.75 Å². The number of piperazine rings is 1. The monoisotopic (exact) mass is 501 g/mol. The zero-order chi connectivity index (χ0) is 24.7. The Labute approximate surface area is 215 Å². The number of hydrogen-bond acceptors (Lipinski definition) is 6. The molecule has 8 heteroatoms. The van der Waals surface area contributed by atoms with Crippen molar-refractivity contribution in [3.8, 4) is 17.0 Å². The van der Waals surface area contributed by atoms with Gasteiger partial charge >= 0.3 is 0 Å². The minimum absolute atomic E-state index is 0.129. The Bertz CT molecular complexity index is 1270. The van der Waals surface area contributed by atoms with Crippen LogP contribution in [0, 0.1) is 0 Å². The quantitative estimate of drug-likeness (QED) is 0.339. The first-order valence-electron chi connectivity index (χ1n) is 12.1. The van der Waals surface area contributed by atoms with Gasteiger partial charge in [0, 0.05) is 74.0 Å². The number of nitrogens with zero attached hydrogens (tertiary/aromatic N) is 4. The average molecular weight is 502 g/mol. The van der Waals surface area contributed by atoms with Crippen molar-refractivity contribution in [3.05, 3.63) is 101 Å². The van der Waals surface area contributed by atoms with Crippen LogP contribution in [0.25, 0.3) is 11.3 Å². The minimum atomic E-state index is -0.129. The first-order valence-corrected chi connectivity index (χ1v) is 12.4. The molecule has 0 bridgehead atoms. The van der Waals surface area contributed by atoms with Gasteiger partial charge in [-0.2, -0.15) is 0 Å². The molecule has 0 atom stereocenters. The molecule has 1 N–H and O–H groups in total. The maximum Gasteiger partial charge on any atom is 0.228 e. The molecule has 1 saturated heterocycles. The van der Waals surface area contributed by atoms with Crippen LogP contribution in [0.1, 0.15) is 21.7 Å². The summed E-state index contributed by atoms with van der Waals surface area (Å²) in [7, 11) is 0. The number of benzene rings is 2. The number of H-pyrrole nitrogens is 1. The van der Waals surface area contributed by atoms with Crippen LogP contribution in [-0.4, -0.2) is 69.9 Å². The molecule has 5 rings (SSSR count). The van der Waals surface area contributed by atoms with Gasteiger partial charge in [-0.3, -0.25) is 19.6 Å². The minimum Gasteiger partial charge on any atom is -0.492 e. The Hall–Kier alpha value is -3.52. The smallest absolute Gasteiger partial charge is 0.228 e. The normalized spacial score (nSPS) is 14.6. The van der Waals surface area contributed by atoms with Crippen LogP contribution in [0.2, 0.25) is 5.02 Å². The average Bonchev–Trinajstić information content (AvgIpc) is 3.46. The second-order valence-corrected chi connectivity index (χ2v) is 9.21. The molecule has 0 aliphatic carbocycles. The van der Waals surface area contributed by atoms with Gasteiger partial charge in [0.05, 0.1) is 5.69 Å². The van der Waals surface area contributed by atoms with E-state index in [-0.39, 0.29) is 5.78 Å². The van der Waals surface area contributed by atoms with Gasteiger partial charge in [-0.25, -0.2) is 4.98 Å². The standard InChI is InChI=1S/C28H28ClN5O2/c29-24-7-3-21(4-8-24)26-23(2-1-11-30-26)20-34-16-14-33(15-17-34)18-19-36-25-9-5-22(6-10-25)27(35)28-31-12-13-32-28/h1-13H,14-20H2,(H,31,32). The van der Waals surface area contributed by atoms with E-state index in [1.807, 2.05) is 48.7 Å². The number of aromatic amines is 1. The highest BCUT2D eigenvalue weighted by Crippen LogP contribution is 2.24. The molecule has 1 fully saturated rings. The summed E-state index contributed by atoms with van der Waals surface area (Å²) in [5.41, 5.74) is 3.91. The lowest BCUT2D eigenvalue weighted by Crippen LogP contribution is -2.47. The Kier molecular flexibility index (Phi) is 7.71. The number of rotatable bonds is 9. The Morgan fingerprint density at radius 3 is 2.39 bits per heavy atom. The number of nitrogens with one attached hydrogen (secondary N) is 1. The molecule has 1 aliphatic rings. The number of imidazole rings is 1. The predicted molar refractivity (Wildman–Crippen MR) is 140 cm³/mol. The predicted octanol–water partition coefficient (Wildman–Crippen LogP) is 4.55. The molecule has 0 spiro atoms. The summed E-state index contributed by atoms with van der Waals surface area (Å²) in [6.45, 7) is 6.34. The zero-order valence-electron chi connectivity index (χ0n) is 19.9. The van der Waals surface area contributed by atoms with Crippen molar-refractivity contribution in [2.24, 2.45) is 0 Å². The van der Waals surface area contributed by atoms with Gasteiger partial charge in [0.25, 0.3) is 0 Å². The number of pyridine rings is 1. The van der Waals surface area contributed by atoms with Crippen molar-refractivity contribution in [3.63, 3.8) is 0 Å². The summed E-state index contributed by atoms with van der Waals surface area (Å²) in [6.07, 6.45) is 5.06. The topological polar surface area (TPSA) is 74.3 Å². The van der Waals surface area contributed by atoms with Gasteiger partial charge in [-0.1, -0.05) is 29.8 Å². The number of ketones is 1. The lowest BCUT2D eigenvalue weighted by Gasteiger charge is -2.34. The van der Waals surface area contributed by atoms with Crippen molar-refractivity contribution in [2.45, 2.75) is 6.54 Å². The Morgan fingerprint density at radius 2 is 1.67 bits per heavy atom. The number of hydrogen-bond donors (Lipinski definition) is 1. The van der Waals surface area contributed by atoms with Crippen molar-refractivity contribution < 1.29 is 9.53 Å². The van der Waals surface area contributed by atoms with E-state index in [1.165, 1.54) is 5.56 Å². The van der Waals surface area contributed by atoms with E-state index in [2.05, 4.69) is 30.8 Å². The number of carbonyl (C=O) groups excluding carboxylic acids is 1. The highest BCUT2D eigenvalue weighted by Gasteiger charge is 2.19. The fraction of sp³-hybridized carbons (Fsp3) is 0.250. The number of ether oxygens (including phenoxy) is 1. The van der Waals surface area contributed by atoms with Crippen LogP contribution in [-0.2, 0) is 6.54 Å². The molecule has 4 aromatic rings. The van der Waals surface area contributed by atoms with Gasteiger partial charge in [-0.05, 0) is 48.0 Å². The first kappa shape index (κ1) is 24.2. The summed E-state index contributed by atoms with van der Waals surface area (Å²) in [5.74, 6) is 0.972. The first-order chi connectivity index (χ1) is 17.7. The second kappa shape index (κ2) is 11.5. The second-order valence-electron chi connectivity index (χ2n) is 8.78. The summed E-state index contributed by atoms with van der Waals surface area (Å²) in [4.78, 5) is 28.7. The SMILES string of the molecule is O=C(c1ccc(OCCN2CCN(Cc3cccnc3-c3ccc(Cl)cc3)CC2)cc1)c1ncc[nH]1. The number of aromatic nitrogens is 3. The highest BCUT2D eigenvalue weighted by molar-refractivity contribution is 6.30. The molecule has 3 heterocycles. The summed E-state index contributed by atoms with van der Waals surface area (Å²) >= 11 is 6.06. The van der Waals surface area contributed by atoms with E-state index >= 15 is 0 Å². The van der Waals surface area contributed by atoms with Gasteiger partial charge in [0.1, 0.15) is 12.4 Å². The molecule has 0 radical (unpaired) electrons. The molecule has 36 heavy (non-hydrogen) atoms. The lowest BCUT2D eigenvalue weighted by atomic mass is 10.1. The third-order valence-electron chi connectivity index (χ3n) is 6.37. The molecular weight excluding hydrogens is 474 g/mol. The maximum atomic E-state index is 12.3. The third kappa shape index (κ3) is 5.99. The molecule has 0 unspecified atom stereocenters. The highest BCUT2D eigenvalue weighted by atomic mass is 35.5. The summed E-state index contributed by atoms with van der Waals surface area (Å²) < 4.78 is 5.92. The van der Waals surface area contributed by atoms with Crippen LogP contribution in [0.4, 0.5) is 0 Å². The third-order valence-corrected chi connectivity index (χ3v) is 6.63. The molecule has 2 aromatic heterocycles. The van der Waals surface area contributed by atoms with E-state index in [4.69, 9.17) is 16.3 Å². The number of halogens is 1. The van der Waals surface area contributed by atoms with E-state index in [1.54, 1.807) is 24.5 Å². The van der Waals surface area contributed by atoms with Crippen molar-refractivity contribution in [1.82, 2.24) is 24.8 Å². The molecule has 0 amide bonds. The van der Waals surface area contributed by atoms with Gasteiger partial charge in [0.15, 0.2) is 5.82 Å². The molecule has 0 saturated carbocycles. The Balaban J connectivity index is 1.07. The fourth-order valence-corrected chi connectivity index (χ4v) is 4.49. The largest absolute Gasteiger partial charge is 0.492 e. The van der Waals surface area contributed by atoms with E-state index in [9.17, 15) is 4.79 Å². The van der Waals surface area contributed by atoms with Crippen LogP contribution < -0.4 is 4.74 Å². The van der Waals surface area contributed by atoms with Crippen LogP contribution in [0.15, 0.2) is 79.3 Å². The molecular formula is C28H28ClN5O2. The van der Waals surface area contributed by atoms with Crippen molar-refractivity contribution >= 4 is 17.4 Å². The summed E-state index contributed by atoms with van der Waals surface area (Å²) in [5, 5.41) is 0.730. The van der Waals surface area contributed by atoms with Gasteiger partial charge in [0.2, 0.25) is 5.78 Å². The van der Waals surface area contributed by atoms with E-state index in [0.717, 1.165) is 61.3 Å². The van der Waals surface area contributed by atoms with Crippen LogP contribution in [0.3, 0.4) is 0 Å². The molecule has 1 aliphatic heterocycles. The molecule has 184 valence electrons. The van der Waals surface area contributed by atoms with Gasteiger partial charge in [-0.15, -0.1) is 0 Å². The van der Waals surface area contributed by atoms with Crippen molar-refractivity contribution in [1.29, 1.82) is 0 Å². The van der Waals surface area contributed by atoms with Gasteiger partial charge < -0.3 is 9.72 Å². The lowest BCUT2D eigenvalue weighted by molar-refractivity contribution is 0.103. The van der Waals surface area contributed by atoms with Crippen molar-refractivity contribution in [2.75, 3.05) is 39.3 Å². The maximum absolute atomic E-state index is 12.3. The van der Waals surface area contributed by atoms with Crippen LogP contribution >= 0.6 is 11.6 Å². The molecule has 7 nitrogen and oxygen atoms in total.